The molecule has 0 saturated carbocycles. The van der Waals surface area contributed by atoms with Crippen molar-refractivity contribution in [2.24, 2.45) is 0 Å². The molecule has 1 aromatic carbocycles. The molecule has 1 atom stereocenters. The van der Waals surface area contributed by atoms with Crippen molar-refractivity contribution in [3.8, 4) is 0 Å². The first-order valence-corrected chi connectivity index (χ1v) is 6.85. The van der Waals surface area contributed by atoms with E-state index in [9.17, 15) is 4.39 Å². The van der Waals surface area contributed by atoms with Crippen LogP contribution in [0.5, 0.6) is 0 Å². The summed E-state index contributed by atoms with van der Waals surface area (Å²) < 4.78 is 13.7. The van der Waals surface area contributed by atoms with Crippen LogP contribution in [0.2, 0.25) is 0 Å². The first kappa shape index (κ1) is 13.2. The van der Waals surface area contributed by atoms with E-state index < -0.39 is 0 Å². The lowest BCUT2D eigenvalue weighted by atomic mass is 10.0. The number of halogens is 1. The van der Waals surface area contributed by atoms with E-state index in [0.29, 0.717) is 5.56 Å². The molecule has 3 heteroatoms. The highest BCUT2D eigenvalue weighted by Gasteiger charge is 2.16. The number of aryl methyl sites for hydroxylation is 3. The van der Waals surface area contributed by atoms with Crippen LogP contribution in [0, 0.1) is 26.6 Å². The number of hydrogen-bond acceptors (Lipinski definition) is 2. The predicted octanol–water partition coefficient (Wildman–Crippen LogP) is 4.12. The molecule has 18 heavy (non-hydrogen) atoms. The lowest BCUT2D eigenvalue weighted by Crippen LogP contribution is -2.16. The average molecular weight is 263 g/mol. The second-order valence-electron chi connectivity index (χ2n) is 4.62. The zero-order valence-corrected chi connectivity index (χ0v) is 12.0. The molecule has 1 aromatic heterocycles. The Bertz CT molecular complexity index is 540. The van der Waals surface area contributed by atoms with Gasteiger partial charge in [-0.2, -0.15) is 0 Å². The number of hydrogen-bond donors (Lipinski definition) is 1. The molecule has 2 aromatic rings. The van der Waals surface area contributed by atoms with Gasteiger partial charge in [0, 0.05) is 9.75 Å². The van der Waals surface area contributed by atoms with E-state index in [0.717, 1.165) is 5.56 Å². The van der Waals surface area contributed by atoms with Gasteiger partial charge in [-0.15, -0.1) is 11.3 Å². The second kappa shape index (κ2) is 5.21. The largest absolute Gasteiger partial charge is 0.309 e. The minimum Gasteiger partial charge on any atom is -0.309 e. The molecule has 0 bridgehead atoms. The van der Waals surface area contributed by atoms with E-state index in [1.165, 1.54) is 15.3 Å². The molecule has 0 aliphatic rings. The number of thiophene rings is 1. The molecule has 96 valence electrons. The Morgan fingerprint density at radius 1 is 1.11 bits per heavy atom. The van der Waals surface area contributed by atoms with Crippen LogP contribution in [0.1, 0.15) is 32.5 Å². The molecule has 1 unspecified atom stereocenters. The second-order valence-corrected chi connectivity index (χ2v) is 5.91. The maximum Gasteiger partial charge on any atom is 0.126 e. The summed E-state index contributed by atoms with van der Waals surface area (Å²) in [6.07, 6.45) is 0. The van der Waals surface area contributed by atoms with E-state index >= 15 is 0 Å². The van der Waals surface area contributed by atoms with E-state index in [-0.39, 0.29) is 11.9 Å². The van der Waals surface area contributed by atoms with E-state index in [4.69, 9.17) is 0 Å². The molecule has 0 amide bonds. The molecule has 0 radical (unpaired) electrons. The average Bonchev–Trinajstić information content (AvgIpc) is 2.65. The van der Waals surface area contributed by atoms with Crippen molar-refractivity contribution in [1.29, 1.82) is 0 Å². The van der Waals surface area contributed by atoms with Crippen LogP contribution in [0.25, 0.3) is 0 Å². The molecule has 0 fully saturated rings. The van der Waals surface area contributed by atoms with Gasteiger partial charge in [0.15, 0.2) is 0 Å². The van der Waals surface area contributed by atoms with E-state index in [1.807, 2.05) is 19.2 Å². The molecular formula is C15H18FNS. The van der Waals surface area contributed by atoms with E-state index in [2.05, 4.69) is 25.2 Å². The Morgan fingerprint density at radius 3 is 2.33 bits per heavy atom. The summed E-state index contributed by atoms with van der Waals surface area (Å²) in [5.41, 5.74) is 2.96. The van der Waals surface area contributed by atoms with Crippen molar-refractivity contribution in [2.75, 3.05) is 7.05 Å². The molecule has 0 spiro atoms. The third kappa shape index (κ3) is 2.47. The first-order valence-electron chi connectivity index (χ1n) is 6.03. The van der Waals surface area contributed by atoms with Crippen molar-refractivity contribution in [3.05, 3.63) is 56.5 Å². The molecule has 1 N–H and O–H groups in total. The van der Waals surface area contributed by atoms with Gasteiger partial charge in [-0.1, -0.05) is 12.1 Å². The Morgan fingerprint density at radius 2 is 1.83 bits per heavy atom. The normalized spacial score (nSPS) is 12.7. The monoisotopic (exact) mass is 263 g/mol. The smallest absolute Gasteiger partial charge is 0.126 e. The van der Waals surface area contributed by atoms with Crippen molar-refractivity contribution < 1.29 is 4.39 Å². The Hall–Kier alpha value is -1.19. The zero-order chi connectivity index (χ0) is 13.3. The maximum atomic E-state index is 13.7. The summed E-state index contributed by atoms with van der Waals surface area (Å²) in [4.78, 5) is 2.55. The SMILES string of the molecule is CNC(c1ccc(C)c(F)c1)c1cc(C)c(C)s1. The van der Waals surface area contributed by atoms with Crippen LogP contribution < -0.4 is 5.32 Å². The number of nitrogens with one attached hydrogen (secondary N) is 1. The van der Waals surface area contributed by atoms with Crippen molar-refractivity contribution in [3.63, 3.8) is 0 Å². The van der Waals surface area contributed by atoms with Crippen molar-refractivity contribution >= 4 is 11.3 Å². The third-order valence-electron chi connectivity index (χ3n) is 3.29. The molecule has 2 rings (SSSR count). The highest BCUT2D eigenvalue weighted by molar-refractivity contribution is 7.12. The van der Waals surface area contributed by atoms with Crippen molar-refractivity contribution in [1.82, 2.24) is 5.32 Å². The Balaban J connectivity index is 2.41. The summed E-state index contributed by atoms with van der Waals surface area (Å²) in [5, 5.41) is 3.27. The van der Waals surface area contributed by atoms with Crippen molar-refractivity contribution in [2.45, 2.75) is 26.8 Å². The zero-order valence-electron chi connectivity index (χ0n) is 11.2. The highest BCUT2D eigenvalue weighted by Crippen LogP contribution is 2.31. The van der Waals surface area contributed by atoms with Gasteiger partial charge in [0.05, 0.1) is 6.04 Å². The number of rotatable bonds is 3. The fourth-order valence-corrected chi connectivity index (χ4v) is 3.19. The van der Waals surface area contributed by atoms with Crippen LogP contribution in [-0.4, -0.2) is 7.05 Å². The highest BCUT2D eigenvalue weighted by atomic mass is 32.1. The fraction of sp³-hybridized carbons (Fsp3) is 0.333. The fourth-order valence-electron chi connectivity index (χ4n) is 2.01. The molecule has 1 nitrogen and oxygen atoms in total. The van der Waals surface area contributed by atoms with Gasteiger partial charge in [0.1, 0.15) is 5.82 Å². The lowest BCUT2D eigenvalue weighted by molar-refractivity contribution is 0.609. The Kier molecular flexibility index (Phi) is 3.83. The van der Waals surface area contributed by atoms with Crippen LogP contribution in [0.15, 0.2) is 24.3 Å². The van der Waals surface area contributed by atoms with Crippen LogP contribution >= 0.6 is 11.3 Å². The topological polar surface area (TPSA) is 12.0 Å². The summed E-state index contributed by atoms with van der Waals surface area (Å²) in [7, 11) is 1.91. The summed E-state index contributed by atoms with van der Waals surface area (Å²) in [6, 6.07) is 7.70. The van der Waals surface area contributed by atoms with Gasteiger partial charge in [-0.25, -0.2) is 4.39 Å². The third-order valence-corrected chi connectivity index (χ3v) is 4.50. The molecule has 0 aliphatic heterocycles. The van der Waals surface area contributed by atoms with Gasteiger partial charge in [0.25, 0.3) is 0 Å². The molecule has 0 aliphatic carbocycles. The van der Waals surface area contributed by atoms with Gasteiger partial charge in [-0.3, -0.25) is 0 Å². The predicted molar refractivity (Wildman–Crippen MR) is 75.8 cm³/mol. The van der Waals surface area contributed by atoms with E-state index in [1.54, 1.807) is 24.3 Å². The van der Waals surface area contributed by atoms with Crippen LogP contribution in [0.4, 0.5) is 4.39 Å². The molecule has 1 heterocycles. The minimum atomic E-state index is -0.141. The Labute approximate surface area is 112 Å². The summed E-state index contributed by atoms with van der Waals surface area (Å²) in [5.74, 6) is -0.141. The van der Waals surface area contributed by atoms with Gasteiger partial charge < -0.3 is 5.32 Å². The van der Waals surface area contributed by atoms with Crippen LogP contribution in [-0.2, 0) is 0 Å². The molecular weight excluding hydrogens is 245 g/mol. The summed E-state index contributed by atoms with van der Waals surface area (Å²) in [6.45, 7) is 6.01. The summed E-state index contributed by atoms with van der Waals surface area (Å²) >= 11 is 1.77. The van der Waals surface area contributed by atoms with Crippen LogP contribution in [0.3, 0.4) is 0 Å². The first-order chi connectivity index (χ1) is 8.52. The van der Waals surface area contributed by atoms with Gasteiger partial charge >= 0.3 is 0 Å². The quantitative estimate of drug-likeness (QED) is 0.878. The van der Waals surface area contributed by atoms with Gasteiger partial charge in [-0.05, 0) is 56.6 Å². The standard InChI is InChI=1S/C15H18FNS/c1-9-5-6-12(8-13(9)16)15(17-4)14-7-10(2)11(3)18-14/h5-8,15,17H,1-4H3. The molecule has 0 saturated heterocycles. The number of benzene rings is 1. The minimum absolute atomic E-state index is 0.0671. The maximum absolute atomic E-state index is 13.7. The lowest BCUT2D eigenvalue weighted by Gasteiger charge is -2.15. The van der Waals surface area contributed by atoms with Gasteiger partial charge in [0.2, 0.25) is 0 Å².